The van der Waals surface area contributed by atoms with Gasteiger partial charge in [0.25, 0.3) is 5.91 Å². The Morgan fingerprint density at radius 2 is 1.89 bits per heavy atom. The molecule has 1 aliphatic rings. The summed E-state index contributed by atoms with van der Waals surface area (Å²) in [5.41, 5.74) is 3.62. The molecule has 2 heterocycles. The van der Waals surface area contributed by atoms with Crippen molar-refractivity contribution in [2.24, 2.45) is 0 Å². The van der Waals surface area contributed by atoms with Crippen LogP contribution >= 0.6 is 0 Å². The Balaban J connectivity index is 1.40. The number of amides is 1. The van der Waals surface area contributed by atoms with Crippen LogP contribution in [0.1, 0.15) is 28.8 Å². The van der Waals surface area contributed by atoms with Crippen molar-refractivity contribution >= 4 is 16.9 Å². The van der Waals surface area contributed by atoms with Crippen LogP contribution < -0.4 is 0 Å². The van der Waals surface area contributed by atoms with Gasteiger partial charge in [0.2, 0.25) is 0 Å². The van der Waals surface area contributed by atoms with E-state index in [1.807, 2.05) is 30.1 Å². The van der Waals surface area contributed by atoms with E-state index in [2.05, 4.69) is 45.2 Å². The maximum absolute atomic E-state index is 13.0. The van der Waals surface area contributed by atoms with Crippen LogP contribution in [0.15, 0.2) is 60.9 Å². The standard InChI is InChI=1S/C23H26N4O/c1-26(23(28)19-9-10-21-22(16-19)25-13-12-24-21)20-8-5-14-27(17-20)15-11-18-6-3-2-4-7-18/h2-4,6-7,9-10,12-13,16,20H,5,8,11,14-15,17H2,1H3/t20-/m1/s1. The number of carbonyl (C=O) groups excluding carboxylic acids is 1. The van der Waals surface area contributed by atoms with Gasteiger partial charge in [-0.15, -0.1) is 0 Å². The molecule has 0 saturated carbocycles. The molecule has 3 aromatic rings. The minimum atomic E-state index is 0.0578. The molecular weight excluding hydrogens is 348 g/mol. The zero-order valence-electron chi connectivity index (χ0n) is 16.3. The van der Waals surface area contributed by atoms with E-state index in [0.717, 1.165) is 49.9 Å². The number of rotatable bonds is 5. The fraction of sp³-hybridized carbons (Fsp3) is 0.348. The third-order valence-electron chi connectivity index (χ3n) is 5.62. The van der Waals surface area contributed by atoms with Gasteiger partial charge in [-0.05, 0) is 49.6 Å². The van der Waals surface area contributed by atoms with Crippen molar-refractivity contribution in [1.82, 2.24) is 19.8 Å². The van der Waals surface area contributed by atoms with Crippen LogP contribution in [0.4, 0.5) is 0 Å². The van der Waals surface area contributed by atoms with E-state index in [0.29, 0.717) is 5.56 Å². The summed E-state index contributed by atoms with van der Waals surface area (Å²) in [6.45, 7) is 3.08. The number of hydrogen-bond donors (Lipinski definition) is 0. The Morgan fingerprint density at radius 1 is 1.11 bits per heavy atom. The average molecular weight is 374 g/mol. The van der Waals surface area contributed by atoms with Gasteiger partial charge in [-0.2, -0.15) is 0 Å². The predicted octanol–water partition coefficient (Wildman–Crippen LogP) is 3.41. The van der Waals surface area contributed by atoms with Crippen LogP contribution in [0.3, 0.4) is 0 Å². The minimum Gasteiger partial charge on any atom is -0.337 e. The molecule has 0 radical (unpaired) electrons. The van der Waals surface area contributed by atoms with Gasteiger partial charge >= 0.3 is 0 Å². The third kappa shape index (κ3) is 4.20. The van der Waals surface area contributed by atoms with Crippen molar-refractivity contribution in [3.8, 4) is 0 Å². The van der Waals surface area contributed by atoms with Crippen molar-refractivity contribution in [3.63, 3.8) is 0 Å². The molecule has 2 aromatic carbocycles. The third-order valence-corrected chi connectivity index (χ3v) is 5.62. The van der Waals surface area contributed by atoms with Gasteiger partial charge in [-0.1, -0.05) is 30.3 Å². The first-order valence-corrected chi connectivity index (χ1v) is 9.95. The molecule has 0 aliphatic carbocycles. The van der Waals surface area contributed by atoms with E-state index < -0.39 is 0 Å². The van der Waals surface area contributed by atoms with Gasteiger partial charge in [0.05, 0.1) is 11.0 Å². The van der Waals surface area contributed by atoms with E-state index >= 15 is 0 Å². The molecule has 1 aliphatic heterocycles. The highest BCUT2D eigenvalue weighted by Gasteiger charge is 2.26. The summed E-state index contributed by atoms with van der Waals surface area (Å²) in [6.07, 6.45) is 6.56. The van der Waals surface area contributed by atoms with Crippen molar-refractivity contribution in [3.05, 3.63) is 72.1 Å². The highest BCUT2D eigenvalue weighted by atomic mass is 16.2. The molecule has 0 N–H and O–H groups in total. The number of piperidine rings is 1. The normalized spacial score (nSPS) is 17.5. The second kappa shape index (κ2) is 8.48. The van der Waals surface area contributed by atoms with Crippen LogP contribution in [-0.4, -0.2) is 58.4 Å². The van der Waals surface area contributed by atoms with Crippen LogP contribution in [-0.2, 0) is 6.42 Å². The molecule has 1 saturated heterocycles. The Morgan fingerprint density at radius 3 is 2.71 bits per heavy atom. The fourth-order valence-electron chi connectivity index (χ4n) is 3.95. The average Bonchev–Trinajstić information content (AvgIpc) is 2.77. The summed E-state index contributed by atoms with van der Waals surface area (Å²) in [7, 11) is 1.93. The smallest absolute Gasteiger partial charge is 0.253 e. The van der Waals surface area contributed by atoms with E-state index in [-0.39, 0.29) is 11.9 Å². The zero-order chi connectivity index (χ0) is 19.3. The first-order valence-electron chi connectivity index (χ1n) is 9.95. The minimum absolute atomic E-state index is 0.0578. The number of nitrogens with zero attached hydrogens (tertiary/aromatic N) is 4. The number of likely N-dealkylation sites (N-methyl/N-ethyl adjacent to an activating group) is 1. The highest BCUT2D eigenvalue weighted by molar-refractivity contribution is 5.97. The highest BCUT2D eigenvalue weighted by Crippen LogP contribution is 2.19. The van der Waals surface area contributed by atoms with Crippen molar-refractivity contribution in [2.45, 2.75) is 25.3 Å². The molecule has 0 bridgehead atoms. The molecular formula is C23H26N4O. The van der Waals surface area contributed by atoms with E-state index in [1.54, 1.807) is 12.4 Å². The summed E-state index contributed by atoms with van der Waals surface area (Å²) in [5.74, 6) is 0.0578. The predicted molar refractivity (Wildman–Crippen MR) is 111 cm³/mol. The number of benzene rings is 2. The molecule has 4 rings (SSSR count). The summed E-state index contributed by atoms with van der Waals surface area (Å²) >= 11 is 0. The quantitative estimate of drug-likeness (QED) is 0.687. The lowest BCUT2D eigenvalue weighted by molar-refractivity contribution is 0.0619. The summed E-state index contributed by atoms with van der Waals surface area (Å²) < 4.78 is 0. The Bertz CT molecular complexity index is 943. The van der Waals surface area contributed by atoms with Gasteiger partial charge in [-0.3, -0.25) is 14.8 Å². The molecule has 1 aromatic heterocycles. The van der Waals surface area contributed by atoms with Crippen molar-refractivity contribution in [1.29, 1.82) is 0 Å². The summed E-state index contributed by atoms with van der Waals surface area (Å²) in [6, 6.07) is 16.4. The van der Waals surface area contributed by atoms with Crippen molar-refractivity contribution in [2.75, 3.05) is 26.7 Å². The number of likely N-dealkylation sites (tertiary alicyclic amines) is 1. The first kappa shape index (κ1) is 18.6. The van der Waals surface area contributed by atoms with Gasteiger partial charge < -0.3 is 9.80 Å². The molecule has 0 spiro atoms. The summed E-state index contributed by atoms with van der Waals surface area (Å²) in [4.78, 5) is 26.0. The lowest BCUT2D eigenvalue weighted by Crippen LogP contribution is -2.49. The summed E-state index contributed by atoms with van der Waals surface area (Å²) in [5, 5.41) is 0. The lowest BCUT2D eigenvalue weighted by atomic mass is 10.0. The second-order valence-corrected chi connectivity index (χ2v) is 7.51. The molecule has 5 nitrogen and oxygen atoms in total. The lowest BCUT2D eigenvalue weighted by Gasteiger charge is -2.37. The number of fused-ring (bicyclic) bond motifs is 1. The van der Waals surface area contributed by atoms with Crippen LogP contribution in [0.5, 0.6) is 0 Å². The maximum Gasteiger partial charge on any atom is 0.253 e. The Hall–Kier alpha value is -2.79. The van der Waals surface area contributed by atoms with E-state index in [1.165, 1.54) is 5.56 Å². The second-order valence-electron chi connectivity index (χ2n) is 7.51. The van der Waals surface area contributed by atoms with Crippen LogP contribution in [0.25, 0.3) is 11.0 Å². The molecule has 144 valence electrons. The molecule has 1 amide bonds. The van der Waals surface area contributed by atoms with Gasteiger partial charge in [0.15, 0.2) is 0 Å². The van der Waals surface area contributed by atoms with E-state index in [4.69, 9.17) is 0 Å². The molecule has 0 unspecified atom stereocenters. The Labute approximate surface area is 166 Å². The molecule has 1 fully saturated rings. The topological polar surface area (TPSA) is 49.3 Å². The SMILES string of the molecule is CN(C(=O)c1ccc2nccnc2c1)[C@@H]1CCCN(CCc2ccccc2)C1. The van der Waals surface area contributed by atoms with Crippen LogP contribution in [0, 0.1) is 0 Å². The molecule has 28 heavy (non-hydrogen) atoms. The Kier molecular flexibility index (Phi) is 5.63. The van der Waals surface area contributed by atoms with Crippen molar-refractivity contribution < 1.29 is 4.79 Å². The maximum atomic E-state index is 13.0. The van der Waals surface area contributed by atoms with Gasteiger partial charge in [0, 0.05) is 44.1 Å². The first-order chi connectivity index (χ1) is 13.7. The van der Waals surface area contributed by atoms with E-state index in [9.17, 15) is 4.79 Å². The number of carbonyl (C=O) groups is 1. The monoisotopic (exact) mass is 374 g/mol. The largest absolute Gasteiger partial charge is 0.337 e. The zero-order valence-corrected chi connectivity index (χ0v) is 16.3. The number of aromatic nitrogens is 2. The van der Waals surface area contributed by atoms with Crippen LogP contribution in [0.2, 0.25) is 0 Å². The molecule has 5 heteroatoms. The van der Waals surface area contributed by atoms with Gasteiger partial charge in [-0.25, -0.2) is 0 Å². The fourth-order valence-corrected chi connectivity index (χ4v) is 3.95. The molecule has 1 atom stereocenters. The number of hydrogen-bond acceptors (Lipinski definition) is 4. The van der Waals surface area contributed by atoms with Gasteiger partial charge in [0.1, 0.15) is 0 Å².